The number of aromatic nitrogens is 2. The van der Waals surface area contributed by atoms with E-state index in [2.05, 4.69) is 10.4 Å². The maximum atomic E-state index is 5.46. The zero-order valence-corrected chi connectivity index (χ0v) is 9.73. The van der Waals surface area contributed by atoms with Gasteiger partial charge in [0.2, 0.25) is 0 Å². The van der Waals surface area contributed by atoms with Crippen LogP contribution in [-0.2, 0) is 20.0 Å². The Morgan fingerprint density at radius 2 is 2.25 bits per heavy atom. The highest BCUT2D eigenvalue weighted by molar-refractivity contribution is 5.05. The molecule has 0 aliphatic carbocycles. The Balaban J connectivity index is 1.71. The van der Waals surface area contributed by atoms with Gasteiger partial charge in [-0.1, -0.05) is 0 Å². The summed E-state index contributed by atoms with van der Waals surface area (Å²) in [6.07, 6.45) is 2.81. The maximum absolute atomic E-state index is 5.46. The summed E-state index contributed by atoms with van der Waals surface area (Å²) >= 11 is 0. The zero-order chi connectivity index (χ0) is 11.4. The van der Waals surface area contributed by atoms with Gasteiger partial charge in [-0.25, -0.2) is 0 Å². The highest BCUT2D eigenvalue weighted by Gasteiger charge is 1.99. The highest BCUT2D eigenvalue weighted by atomic mass is 16.3. The van der Waals surface area contributed by atoms with Gasteiger partial charge in [0.15, 0.2) is 0 Å². The van der Waals surface area contributed by atoms with Crippen molar-refractivity contribution in [2.75, 3.05) is 6.54 Å². The summed E-state index contributed by atoms with van der Waals surface area (Å²) in [6, 6.07) is 6.03. The van der Waals surface area contributed by atoms with E-state index in [1.165, 1.54) is 5.69 Å². The SMILES string of the molecule is Cc1ccc(CNCCc2ccnn2C)o1. The largest absolute Gasteiger partial charge is 0.465 e. The first-order valence-electron chi connectivity index (χ1n) is 5.48. The van der Waals surface area contributed by atoms with E-state index < -0.39 is 0 Å². The number of hydrogen-bond acceptors (Lipinski definition) is 3. The second-order valence-electron chi connectivity index (χ2n) is 3.89. The average Bonchev–Trinajstić information content (AvgIpc) is 2.83. The molecule has 0 aliphatic heterocycles. The van der Waals surface area contributed by atoms with Gasteiger partial charge < -0.3 is 9.73 Å². The lowest BCUT2D eigenvalue weighted by Crippen LogP contribution is -2.17. The summed E-state index contributed by atoms with van der Waals surface area (Å²) in [7, 11) is 1.96. The molecule has 2 heterocycles. The van der Waals surface area contributed by atoms with E-state index >= 15 is 0 Å². The fourth-order valence-electron chi connectivity index (χ4n) is 1.65. The molecule has 4 nitrogen and oxygen atoms in total. The molecule has 0 fully saturated rings. The Morgan fingerprint density at radius 1 is 1.38 bits per heavy atom. The van der Waals surface area contributed by atoms with E-state index in [9.17, 15) is 0 Å². The molecule has 0 amide bonds. The van der Waals surface area contributed by atoms with Crippen LogP contribution in [0.3, 0.4) is 0 Å². The Kier molecular flexibility index (Phi) is 3.41. The standard InChI is InChI=1S/C12H17N3O/c1-10-3-4-12(16-10)9-13-7-5-11-6-8-14-15(11)2/h3-4,6,8,13H,5,7,9H2,1-2H3. The third-order valence-electron chi connectivity index (χ3n) is 2.58. The maximum Gasteiger partial charge on any atom is 0.117 e. The van der Waals surface area contributed by atoms with Gasteiger partial charge in [0, 0.05) is 31.9 Å². The van der Waals surface area contributed by atoms with Crippen molar-refractivity contribution in [3.8, 4) is 0 Å². The van der Waals surface area contributed by atoms with Gasteiger partial charge in [-0.3, -0.25) is 4.68 Å². The Bertz CT molecular complexity index is 445. The molecule has 0 saturated carbocycles. The van der Waals surface area contributed by atoms with Gasteiger partial charge in [0.25, 0.3) is 0 Å². The molecule has 0 aliphatic rings. The molecule has 16 heavy (non-hydrogen) atoms. The molecule has 0 bridgehead atoms. The topological polar surface area (TPSA) is 43.0 Å². The van der Waals surface area contributed by atoms with Gasteiger partial charge in [-0.15, -0.1) is 0 Å². The number of nitrogens with zero attached hydrogens (tertiary/aromatic N) is 2. The van der Waals surface area contributed by atoms with Gasteiger partial charge in [0.05, 0.1) is 6.54 Å². The minimum absolute atomic E-state index is 0.783. The van der Waals surface area contributed by atoms with Crippen molar-refractivity contribution >= 4 is 0 Å². The predicted octanol–water partition coefficient (Wildman–Crippen LogP) is 1.65. The van der Waals surface area contributed by atoms with Gasteiger partial charge in [-0.2, -0.15) is 5.10 Å². The second kappa shape index (κ2) is 4.99. The molecular formula is C12H17N3O. The summed E-state index contributed by atoms with van der Waals surface area (Å²) in [5.74, 6) is 1.95. The summed E-state index contributed by atoms with van der Waals surface area (Å²) < 4.78 is 7.37. The molecule has 0 spiro atoms. The molecule has 0 saturated heterocycles. The average molecular weight is 219 g/mol. The summed E-state index contributed by atoms with van der Waals surface area (Å²) in [5, 5.41) is 7.47. The van der Waals surface area contributed by atoms with Crippen molar-refractivity contribution in [1.82, 2.24) is 15.1 Å². The van der Waals surface area contributed by atoms with E-state index in [1.807, 2.05) is 43.0 Å². The lowest BCUT2D eigenvalue weighted by molar-refractivity contribution is 0.462. The first-order chi connectivity index (χ1) is 7.75. The van der Waals surface area contributed by atoms with Crippen molar-refractivity contribution in [2.24, 2.45) is 7.05 Å². The minimum Gasteiger partial charge on any atom is -0.465 e. The number of rotatable bonds is 5. The number of nitrogens with one attached hydrogen (secondary N) is 1. The Morgan fingerprint density at radius 3 is 2.88 bits per heavy atom. The molecule has 0 aromatic carbocycles. The number of hydrogen-bond donors (Lipinski definition) is 1. The Labute approximate surface area is 95.3 Å². The van der Waals surface area contributed by atoms with Crippen LogP contribution in [0.15, 0.2) is 28.8 Å². The summed E-state index contributed by atoms with van der Waals surface area (Å²) in [5.41, 5.74) is 1.24. The smallest absolute Gasteiger partial charge is 0.117 e. The van der Waals surface area contributed by atoms with Crippen LogP contribution < -0.4 is 5.32 Å². The predicted molar refractivity (Wildman–Crippen MR) is 62.1 cm³/mol. The van der Waals surface area contributed by atoms with E-state index in [-0.39, 0.29) is 0 Å². The summed E-state index contributed by atoms with van der Waals surface area (Å²) in [6.45, 7) is 3.67. The van der Waals surface area contributed by atoms with E-state index in [4.69, 9.17) is 4.42 Å². The fourth-order valence-corrected chi connectivity index (χ4v) is 1.65. The van der Waals surface area contributed by atoms with Crippen LogP contribution >= 0.6 is 0 Å². The molecule has 4 heteroatoms. The quantitative estimate of drug-likeness (QED) is 0.778. The molecule has 0 unspecified atom stereocenters. The molecule has 2 aromatic heterocycles. The van der Waals surface area contributed by atoms with E-state index in [0.717, 1.165) is 31.0 Å². The van der Waals surface area contributed by atoms with Crippen LogP contribution in [0.4, 0.5) is 0 Å². The van der Waals surface area contributed by atoms with Crippen LogP contribution in [0, 0.1) is 6.92 Å². The van der Waals surface area contributed by atoms with Crippen LogP contribution in [0.5, 0.6) is 0 Å². The molecule has 1 N–H and O–H groups in total. The zero-order valence-electron chi connectivity index (χ0n) is 9.73. The van der Waals surface area contributed by atoms with Crippen molar-refractivity contribution in [2.45, 2.75) is 19.9 Å². The lowest BCUT2D eigenvalue weighted by atomic mass is 10.3. The van der Waals surface area contributed by atoms with Crippen molar-refractivity contribution in [3.05, 3.63) is 41.6 Å². The number of furan rings is 1. The fraction of sp³-hybridized carbons (Fsp3) is 0.417. The van der Waals surface area contributed by atoms with Gasteiger partial charge >= 0.3 is 0 Å². The van der Waals surface area contributed by atoms with E-state index in [1.54, 1.807) is 0 Å². The first kappa shape index (κ1) is 11.0. The monoisotopic (exact) mass is 219 g/mol. The normalized spacial score (nSPS) is 10.9. The van der Waals surface area contributed by atoms with Gasteiger partial charge in [0.1, 0.15) is 11.5 Å². The Hall–Kier alpha value is -1.55. The van der Waals surface area contributed by atoms with Crippen LogP contribution in [-0.4, -0.2) is 16.3 Å². The van der Waals surface area contributed by atoms with Crippen LogP contribution in [0.25, 0.3) is 0 Å². The first-order valence-corrected chi connectivity index (χ1v) is 5.48. The van der Waals surface area contributed by atoms with Crippen LogP contribution in [0.1, 0.15) is 17.2 Å². The molecular weight excluding hydrogens is 202 g/mol. The van der Waals surface area contributed by atoms with Crippen molar-refractivity contribution < 1.29 is 4.42 Å². The van der Waals surface area contributed by atoms with Crippen molar-refractivity contribution in [1.29, 1.82) is 0 Å². The van der Waals surface area contributed by atoms with E-state index in [0.29, 0.717) is 0 Å². The lowest BCUT2D eigenvalue weighted by Gasteiger charge is -2.03. The van der Waals surface area contributed by atoms with Crippen molar-refractivity contribution in [3.63, 3.8) is 0 Å². The molecule has 0 radical (unpaired) electrons. The minimum atomic E-state index is 0.783. The second-order valence-corrected chi connectivity index (χ2v) is 3.89. The van der Waals surface area contributed by atoms with Gasteiger partial charge in [-0.05, 0) is 25.1 Å². The van der Waals surface area contributed by atoms with Crippen LogP contribution in [0.2, 0.25) is 0 Å². The molecule has 2 aromatic rings. The molecule has 2 rings (SSSR count). The highest BCUT2D eigenvalue weighted by Crippen LogP contribution is 2.05. The molecule has 0 atom stereocenters. The molecule has 86 valence electrons. The summed E-state index contributed by atoms with van der Waals surface area (Å²) in [4.78, 5) is 0. The third kappa shape index (κ3) is 2.73. The number of aryl methyl sites for hydroxylation is 2. The third-order valence-corrected chi connectivity index (χ3v) is 2.58.